The maximum Gasteiger partial charge on any atom is 0.305 e. The van der Waals surface area contributed by atoms with E-state index >= 15 is 0 Å². The first-order valence-corrected chi connectivity index (χ1v) is 5.22. The molecule has 2 fully saturated rings. The first-order valence-electron chi connectivity index (χ1n) is 5.22. The molecule has 0 aromatic heterocycles. The van der Waals surface area contributed by atoms with Crippen LogP contribution in [0.1, 0.15) is 25.7 Å². The Bertz CT molecular complexity index is 270. The molecule has 5 heteroatoms. The lowest BCUT2D eigenvalue weighted by Gasteiger charge is -2.28. The van der Waals surface area contributed by atoms with Crippen molar-refractivity contribution in [1.82, 2.24) is 5.32 Å². The lowest BCUT2D eigenvalue weighted by molar-refractivity contribution is -0.142. The SMILES string of the molecule is COC(=O)CC1C[C@H]2CC(F)(F)[C@@H](C1)N2. The third kappa shape index (κ3) is 2.12. The summed E-state index contributed by atoms with van der Waals surface area (Å²) in [6, 6.07) is -0.876. The van der Waals surface area contributed by atoms with Crippen LogP contribution in [0.3, 0.4) is 0 Å². The minimum absolute atomic E-state index is 0.0436. The minimum Gasteiger partial charge on any atom is -0.469 e. The van der Waals surface area contributed by atoms with Crippen molar-refractivity contribution in [2.45, 2.75) is 43.7 Å². The summed E-state index contributed by atoms with van der Waals surface area (Å²) in [4.78, 5) is 11.0. The van der Waals surface area contributed by atoms with Gasteiger partial charge in [0.1, 0.15) is 0 Å². The second-order valence-electron chi connectivity index (χ2n) is 4.50. The molecule has 0 saturated carbocycles. The number of piperidine rings is 1. The van der Waals surface area contributed by atoms with Crippen LogP contribution in [0, 0.1) is 5.92 Å². The van der Waals surface area contributed by atoms with Crippen LogP contribution in [0.25, 0.3) is 0 Å². The van der Waals surface area contributed by atoms with E-state index in [-0.39, 0.29) is 30.8 Å². The van der Waals surface area contributed by atoms with Crippen molar-refractivity contribution >= 4 is 5.97 Å². The molecule has 86 valence electrons. The Morgan fingerprint density at radius 3 is 2.87 bits per heavy atom. The van der Waals surface area contributed by atoms with Crippen molar-refractivity contribution < 1.29 is 18.3 Å². The third-order valence-electron chi connectivity index (χ3n) is 3.34. The fourth-order valence-electron chi connectivity index (χ4n) is 2.65. The van der Waals surface area contributed by atoms with Gasteiger partial charge >= 0.3 is 5.97 Å². The maximum absolute atomic E-state index is 13.3. The smallest absolute Gasteiger partial charge is 0.305 e. The number of carbonyl (C=O) groups is 1. The summed E-state index contributed by atoms with van der Waals surface area (Å²) >= 11 is 0. The Balaban J connectivity index is 1.95. The van der Waals surface area contributed by atoms with Crippen molar-refractivity contribution in [3.63, 3.8) is 0 Å². The lowest BCUT2D eigenvalue weighted by Crippen LogP contribution is -2.43. The van der Waals surface area contributed by atoms with Gasteiger partial charge < -0.3 is 10.1 Å². The van der Waals surface area contributed by atoms with Gasteiger partial charge in [0.15, 0.2) is 0 Å². The zero-order valence-electron chi connectivity index (χ0n) is 8.63. The first-order chi connectivity index (χ1) is 7.01. The van der Waals surface area contributed by atoms with E-state index in [1.807, 2.05) is 0 Å². The van der Waals surface area contributed by atoms with Crippen LogP contribution in [-0.4, -0.2) is 31.1 Å². The summed E-state index contributed by atoms with van der Waals surface area (Å²) in [6.45, 7) is 0. The predicted octanol–water partition coefficient (Wildman–Crippen LogP) is 1.33. The van der Waals surface area contributed by atoms with Crippen LogP contribution in [-0.2, 0) is 9.53 Å². The van der Waals surface area contributed by atoms with Crippen LogP contribution in [0.5, 0.6) is 0 Å². The molecule has 2 saturated heterocycles. The maximum atomic E-state index is 13.3. The standard InChI is InChI=1S/C10H15F2NO2/c1-15-9(14)4-6-2-7-5-10(11,12)8(3-6)13-7/h6-8,13H,2-5H2,1H3/t6?,7-,8+/m0/s1. The number of ether oxygens (including phenoxy) is 1. The van der Waals surface area contributed by atoms with Crippen LogP contribution in [0.2, 0.25) is 0 Å². The molecule has 15 heavy (non-hydrogen) atoms. The number of hydrogen-bond acceptors (Lipinski definition) is 3. The monoisotopic (exact) mass is 219 g/mol. The quantitative estimate of drug-likeness (QED) is 0.712. The van der Waals surface area contributed by atoms with E-state index in [0.717, 1.165) is 0 Å². The number of nitrogens with one attached hydrogen (secondary N) is 1. The Hall–Kier alpha value is -0.710. The van der Waals surface area contributed by atoms with E-state index in [1.54, 1.807) is 0 Å². The van der Waals surface area contributed by atoms with E-state index in [2.05, 4.69) is 10.1 Å². The number of rotatable bonds is 2. The number of halogens is 2. The fourth-order valence-corrected chi connectivity index (χ4v) is 2.65. The van der Waals surface area contributed by atoms with Crippen molar-refractivity contribution in [2.75, 3.05) is 7.11 Å². The summed E-state index contributed by atoms with van der Waals surface area (Å²) in [5.74, 6) is -2.86. The van der Waals surface area contributed by atoms with Gasteiger partial charge in [0.2, 0.25) is 0 Å². The van der Waals surface area contributed by atoms with Gasteiger partial charge in [-0.3, -0.25) is 4.79 Å². The van der Waals surface area contributed by atoms with Gasteiger partial charge in [-0.1, -0.05) is 0 Å². The number of esters is 1. The topological polar surface area (TPSA) is 38.3 Å². The molecule has 0 aromatic carbocycles. The highest BCUT2D eigenvalue weighted by atomic mass is 19.3. The van der Waals surface area contributed by atoms with Crippen molar-refractivity contribution in [2.24, 2.45) is 5.92 Å². The number of methoxy groups -OCH3 is 1. The molecule has 1 unspecified atom stereocenters. The zero-order chi connectivity index (χ0) is 11.1. The number of hydrogen-bond donors (Lipinski definition) is 1. The number of alkyl halides is 2. The second-order valence-corrected chi connectivity index (χ2v) is 4.50. The van der Waals surface area contributed by atoms with E-state index < -0.39 is 12.0 Å². The van der Waals surface area contributed by atoms with Crippen LogP contribution >= 0.6 is 0 Å². The van der Waals surface area contributed by atoms with Gasteiger partial charge in [-0.25, -0.2) is 8.78 Å². The highest BCUT2D eigenvalue weighted by Gasteiger charge is 2.52. The largest absolute Gasteiger partial charge is 0.469 e. The molecule has 2 bridgehead atoms. The molecular weight excluding hydrogens is 204 g/mol. The van der Waals surface area contributed by atoms with Gasteiger partial charge in [0.05, 0.1) is 13.2 Å². The summed E-state index contributed by atoms with van der Waals surface area (Å²) in [5.41, 5.74) is 0. The average Bonchev–Trinajstić information content (AvgIpc) is 2.35. The Labute approximate surface area is 87.2 Å². The normalized spacial score (nSPS) is 37.7. The van der Waals surface area contributed by atoms with Crippen molar-refractivity contribution in [1.29, 1.82) is 0 Å². The number of fused-ring (bicyclic) bond motifs is 2. The van der Waals surface area contributed by atoms with Crippen molar-refractivity contribution in [3.05, 3.63) is 0 Å². The first kappa shape index (κ1) is 10.8. The molecule has 2 aliphatic rings. The van der Waals surface area contributed by atoms with Gasteiger partial charge in [0.25, 0.3) is 5.92 Å². The summed E-state index contributed by atoms with van der Waals surface area (Å²) in [5, 5.41) is 2.90. The molecule has 2 rings (SSSR count). The molecule has 0 radical (unpaired) electrons. The van der Waals surface area contributed by atoms with Crippen LogP contribution < -0.4 is 5.32 Å². The van der Waals surface area contributed by atoms with E-state index in [1.165, 1.54) is 7.11 Å². The molecule has 1 N–H and O–H groups in total. The summed E-state index contributed by atoms with van der Waals surface area (Å²) < 4.78 is 31.2. The number of carbonyl (C=O) groups excluding carboxylic acids is 1. The van der Waals surface area contributed by atoms with Gasteiger partial charge in [-0.2, -0.15) is 0 Å². The van der Waals surface area contributed by atoms with Crippen LogP contribution in [0.15, 0.2) is 0 Å². The molecule has 0 amide bonds. The zero-order valence-corrected chi connectivity index (χ0v) is 8.63. The predicted molar refractivity (Wildman–Crippen MR) is 49.6 cm³/mol. The van der Waals surface area contributed by atoms with E-state index in [0.29, 0.717) is 12.8 Å². The fraction of sp³-hybridized carbons (Fsp3) is 0.900. The summed E-state index contributed by atoms with van der Waals surface area (Å²) in [7, 11) is 1.33. The van der Waals surface area contributed by atoms with Gasteiger partial charge in [-0.05, 0) is 18.8 Å². The van der Waals surface area contributed by atoms with E-state index in [9.17, 15) is 13.6 Å². The molecule has 0 aliphatic carbocycles. The van der Waals surface area contributed by atoms with Gasteiger partial charge in [0, 0.05) is 18.9 Å². The molecule has 2 heterocycles. The Morgan fingerprint density at radius 2 is 2.27 bits per heavy atom. The van der Waals surface area contributed by atoms with E-state index in [4.69, 9.17) is 0 Å². The molecule has 3 nitrogen and oxygen atoms in total. The Morgan fingerprint density at radius 1 is 1.53 bits per heavy atom. The summed E-state index contributed by atoms with van der Waals surface area (Å²) in [6.07, 6.45) is 1.20. The average molecular weight is 219 g/mol. The third-order valence-corrected chi connectivity index (χ3v) is 3.34. The molecule has 2 aliphatic heterocycles. The highest BCUT2D eigenvalue weighted by molar-refractivity contribution is 5.69. The Kier molecular flexibility index (Phi) is 2.66. The highest BCUT2D eigenvalue weighted by Crippen LogP contribution is 2.42. The molecule has 0 aromatic rings. The molecule has 3 atom stereocenters. The minimum atomic E-state index is -2.60. The van der Waals surface area contributed by atoms with Gasteiger partial charge in [-0.15, -0.1) is 0 Å². The lowest BCUT2D eigenvalue weighted by atomic mass is 9.89. The molecule has 0 spiro atoms. The van der Waals surface area contributed by atoms with Crippen LogP contribution in [0.4, 0.5) is 8.78 Å². The molecular formula is C10H15F2NO2. The second kappa shape index (κ2) is 3.70. The van der Waals surface area contributed by atoms with Crippen molar-refractivity contribution in [3.8, 4) is 0 Å².